The minimum absolute atomic E-state index is 0.00376. The number of nitrogens with zero attached hydrogens (tertiary/aromatic N) is 4. The highest BCUT2D eigenvalue weighted by molar-refractivity contribution is 6.01. The van der Waals surface area contributed by atoms with E-state index in [0.717, 1.165) is 5.69 Å². The van der Waals surface area contributed by atoms with Crippen molar-refractivity contribution in [3.63, 3.8) is 0 Å². The molecule has 9 nitrogen and oxygen atoms in total. The van der Waals surface area contributed by atoms with E-state index in [4.69, 9.17) is 5.84 Å². The Labute approximate surface area is 149 Å². The number of non-ortho nitro benzene ring substituents is 1. The topological polar surface area (TPSA) is 117 Å². The summed E-state index contributed by atoms with van der Waals surface area (Å²) >= 11 is 0. The lowest BCUT2D eigenvalue weighted by Crippen LogP contribution is -2.50. The van der Waals surface area contributed by atoms with Crippen molar-refractivity contribution in [3.05, 3.63) is 70.3 Å². The van der Waals surface area contributed by atoms with Gasteiger partial charge in [-0.2, -0.15) is 0 Å². The zero-order chi connectivity index (χ0) is 18.7. The Morgan fingerprint density at radius 3 is 2.65 bits per heavy atom. The molecule has 0 saturated carbocycles. The number of nitro benzene ring substituents is 1. The molecule has 0 radical (unpaired) electrons. The number of aliphatic imine (C=N–C) groups is 1. The first-order valence-corrected chi connectivity index (χ1v) is 7.91. The van der Waals surface area contributed by atoms with Gasteiger partial charge in [-0.05, 0) is 24.6 Å². The molecule has 0 bridgehead atoms. The van der Waals surface area contributed by atoms with Gasteiger partial charge in [-0.3, -0.25) is 14.9 Å². The molecule has 1 aliphatic rings. The molecule has 1 aliphatic heterocycles. The molecule has 26 heavy (non-hydrogen) atoms. The first-order valence-electron chi connectivity index (χ1n) is 7.91. The van der Waals surface area contributed by atoms with E-state index in [9.17, 15) is 14.9 Å². The lowest BCUT2D eigenvalue weighted by atomic mass is 10.2. The molecule has 2 aromatic rings. The number of guanidine groups is 1. The lowest BCUT2D eigenvalue weighted by Gasteiger charge is -2.25. The summed E-state index contributed by atoms with van der Waals surface area (Å²) in [4.78, 5) is 26.8. The summed E-state index contributed by atoms with van der Waals surface area (Å²) in [6, 6.07) is 15.5. The fourth-order valence-electron chi connectivity index (χ4n) is 2.63. The number of nitrogens with one attached hydrogen (secondary N) is 1. The first-order chi connectivity index (χ1) is 12.5. The second-order valence-corrected chi connectivity index (χ2v) is 5.75. The van der Waals surface area contributed by atoms with E-state index in [-0.39, 0.29) is 18.0 Å². The van der Waals surface area contributed by atoms with Gasteiger partial charge in [-0.25, -0.2) is 15.8 Å². The summed E-state index contributed by atoms with van der Waals surface area (Å²) in [6.07, 6.45) is -0.737. The van der Waals surface area contributed by atoms with E-state index >= 15 is 0 Å². The van der Waals surface area contributed by atoms with Crippen molar-refractivity contribution >= 4 is 23.1 Å². The maximum Gasteiger partial charge on any atom is 0.269 e. The summed E-state index contributed by atoms with van der Waals surface area (Å²) in [6.45, 7) is 1.63. The molecule has 1 fully saturated rings. The number of anilines is 1. The van der Waals surface area contributed by atoms with Gasteiger partial charge in [-0.1, -0.05) is 30.3 Å². The van der Waals surface area contributed by atoms with E-state index in [1.54, 1.807) is 17.1 Å². The lowest BCUT2D eigenvalue weighted by molar-refractivity contribution is -0.384. The predicted molar refractivity (Wildman–Crippen MR) is 96.8 cm³/mol. The van der Waals surface area contributed by atoms with Gasteiger partial charge in [-0.15, -0.1) is 5.12 Å². The number of Topliss-reactive ketones (excluding diaryl/α,β-unsaturated/α-hetero) is 1. The minimum atomic E-state index is -0.737. The second-order valence-electron chi connectivity index (χ2n) is 5.75. The third-order valence-electron chi connectivity index (χ3n) is 3.88. The van der Waals surface area contributed by atoms with Crippen LogP contribution in [-0.2, 0) is 11.3 Å². The molecule has 0 amide bonds. The molecule has 0 aromatic heterocycles. The summed E-state index contributed by atoms with van der Waals surface area (Å²) in [5, 5.41) is 16.8. The first kappa shape index (κ1) is 17.5. The fourth-order valence-corrected chi connectivity index (χ4v) is 2.63. The third-order valence-corrected chi connectivity index (χ3v) is 3.88. The summed E-state index contributed by atoms with van der Waals surface area (Å²) in [5.41, 5.74) is 1.42. The number of hydrazine groups is 2. The molecule has 3 rings (SSSR count). The number of nitro groups is 1. The minimum Gasteiger partial charge on any atom is -0.330 e. The highest BCUT2D eigenvalue weighted by Crippen LogP contribution is 2.21. The van der Waals surface area contributed by atoms with Gasteiger partial charge in [0.25, 0.3) is 5.69 Å². The number of carbonyl (C=O) groups is 1. The summed E-state index contributed by atoms with van der Waals surface area (Å²) in [5.74, 6) is 6.32. The van der Waals surface area contributed by atoms with Crippen LogP contribution < -0.4 is 16.2 Å². The molecule has 3 N–H and O–H groups in total. The summed E-state index contributed by atoms with van der Waals surface area (Å²) < 4.78 is 0. The Kier molecular flexibility index (Phi) is 4.92. The van der Waals surface area contributed by atoms with Crippen LogP contribution in [-0.4, -0.2) is 27.9 Å². The van der Waals surface area contributed by atoms with Crippen molar-refractivity contribution in [3.8, 4) is 0 Å². The van der Waals surface area contributed by atoms with Crippen LogP contribution in [0.25, 0.3) is 0 Å². The number of rotatable bonds is 5. The molecular formula is C17H18N6O3. The van der Waals surface area contributed by atoms with Crippen molar-refractivity contribution in [2.45, 2.75) is 19.6 Å². The molecule has 0 aliphatic carbocycles. The van der Waals surface area contributed by atoms with E-state index < -0.39 is 11.1 Å². The van der Waals surface area contributed by atoms with Crippen LogP contribution in [0, 0.1) is 10.1 Å². The Bertz CT molecular complexity index is 855. The average molecular weight is 354 g/mol. The zero-order valence-corrected chi connectivity index (χ0v) is 14.1. The molecule has 134 valence electrons. The molecule has 1 heterocycles. The summed E-state index contributed by atoms with van der Waals surface area (Å²) in [7, 11) is 0. The Hall–Kier alpha value is -3.30. The highest BCUT2D eigenvalue weighted by Gasteiger charge is 2.37. The maximum absolute atomic E-state index is 11.8. The van der Waals surface area contributed by atoms with Crippen molar-refractivity contribution in [2.24, 2.45) is 10.8 Å². The molecule has 2 aromatic carbocycles. The molecule has 9 heteroatoms. The van der Waals surface area contributed by atoms with Crippen LogP contribution in [0.2, 0.25) is 0 Å². The second kappa shape index (κ2) is 7.30. The molecular weight excluding hydrogens is 336 g/mol. The van der Waals surface area contributed by atoms with Crippen LogP contribution in [0.3, 0.4) is 0 Å². The molecule has 1 unspecified atom stereocenters. The normalized spacial score (nSPS) is 18.8. The molecule has 1 atom stereocenters. The molecule has 0 spiro atoms. The number of hydrogen-bond acceptors (Lipinski definition) is 6. The average Bonchev–Trinajstić information content (AvgIpc) is 2.97. The van der Waals surface area contributed by atoms with Crippen molar-refractivity contribution in [2.75, 3.05) is 5.01 Å². The third kappa shape index (κ3) is 3.53. The van der Waals surface area contributed by atoms with E-state index in [2.05, 4.69) is 10.3 Å². The standard InChI is InChI=1S/C17H18N6O3/c1-12(24)16-20-17(21(22(16)18)14-7-3-2-4-8-14)19-11-13-6-5-9-15(10-13)23(25)26/h2-10,16H,11,18H2,1H3,(H,19,20). The van der Waals surface area contributed by atoms with E-state index in [1.165, 1.54) is 24.2 Å². The van der Waals surface area contributed by atoms with Gasteiger partial charge in [0.15, 0.2) is 11.9 Å². The Morgan fingerprint density at radius 1 is 1.27 bits per heavy atom. The van der Waals surface area contributed by atoms with Crippen LogP contribution in [0.4, 0.5) is 11.4 Å². The predicted octanol–water partition coefficient (Wildman–Crippen LogP) is 1.57. The number of nitrogens with two attached hydrogens (primary N) is 1. The van der Waals surface area contributed by atoms with Crippen LogP contribution in [0.1, 0.15) is 12.5 Å². The van der Waals surface area contributed by atoms with Gasteiger partial charge in [0.05, 0.1) is 17.2 Å². The van der Waals surface area contributed by atoms with Gasteiger partial charge < -0.3 is 5.32 Å². The zero-order valence-electron chi connectivity index (χ0n) is 14.1. The van der Waals surface area contributed by atoms with Crippen LogP contribution in [0.15, 0.2) is 59.6 Å². The van der Waals surface area contributed by atoms with Gasteiger partial charge in [0, 0.05) is 12.1 Å². The largest absolute Gasteiger partial charge is 0.330 e. The Balaban J connectivity index is 1.90. The number of carbonyl (C=O) groups excluding carboxylic acids is 1. The Morgan fingerprint density at radius 2 is 2.00 bits per heavy atom. The molecule has 1 saturated heterocycles. The van der Waals surface area contributed by atoms with Crippen LogP contribution >= 0.6 is 0 Å². The highest BCUT2D eigenvalue weighted by atomic mass is 16.6. The smallest absolute Gasteiger partial charge is 0.269 e. The fraction of sp³-hybridized carbons (Fsp3) is 0.176. The van der Waals surface area contributed by atoms with Crippen molar-refractivity contribution in [1.29, 1.82) is 0 Å². The van der Waals surface area contributed by atoms with E-state index in [1.807, 2.05) is 30.3 Å². The SMILES string of the molecule is CC(=O)C1NC(=NCc2cccc([N+](=O)[O-])c2)N(c2ccccc2)N1N. The number of benzene rings is 2. The number of hydrogen-bond donors (Lipinski definition) is 2. The van der Waals surface area contributed by atoms with Gasteiger partial charge in [0.1, 0.15) is 0 Å². The maximum atomic E-state index is 11.8. The number of para-hydroxylation sites is 1. The quantitative estimate of drug-likeness (QED) is 0.475. The number of ketones is 1. The van der Waals surface area contributed by atoms with E-state index in [0.29, 0.717) is 11.5 Å². The van der Waals surface area contributed by atoms with Crippen molar-refractivity contribution in [1.82, 2.24) is 10.4 Å². The van der Waals surface area contributed by atoms with Crippen LogP contribution in [0.5, 0.6) is 0 Å². The van der Waals surface area contributed by atoms with Crippen molar-refractivity contribution < 1.29 is 9.72 Å². The van der Waals surface area contributed by atoms with Gasteiger partial charge in [0.2, 0.25) is 5.96 Å². The monoisotopic (exact) mass is 354 g/mol. The van der Waals surface area contributed by atoms with Gasteiger partial charge >= 0.3 is 0 Å².